The van der Waals surface area contributed by atoms with Gasteiger partial charge in [-0.3, -0.25) is 13.9 Å². The molecule has 0 aliphatic carbocycles. The van der Waals surface area contributed by atoms with Gasteiger partial charge in [-0.25, -0.2) is 9.37 Å². The zero-order valence-electron chi connectivity index (χ0n) is 9.61. The Hall–Kier alpha value is -1.56. The van der Waals surface area contributed by atoms with E-state index in [4.69, 9.17) is 17.3 Å². The third kappa shape index (κ3) is 1.76. The van der Waals surface area contributed by atoms with Crippen LogP contribution >= 0.6 is 11.6 Å². The molecule has 0 aromatic carbocycles. The molecule has 0 unspecified atom stereocenters. The number of nitrogens with two attached hydrogens (primary N) is 1. The number of rotatable bonds is 1. The lowest BCUT2D eigenvalue weighted by molar-refractivity contribution is -0.461. The van der Waals surface area contributed by atoms with Crippen LogP contribution in [-0.4, -0.2) is 33.0 Å². The standard InChI is InChI=1S/C9H13ClN4O2/c1-12(2)6(10)5-7(11)13(3)9(16)14(4)8(5)15/h11H,1-4H3/p+1. The largest absolute Gasteiger partial charge is 0.384 e. The van der Waals surface area contributed by atoms with Crippen molar-refractivity contribution in [2.24, 2.45) is 14.1 Å². The van der Waals surface area contributed by atoms with Crippen molar-refractivity contribution >= 4 is 22.6 Å². The Balaban J connectivity index is 3.87. The summed E-state index contributed by atoms with van der Waals surface area (Å²) in [6.07, 6.45) is 0. The van der Waals surface area contributed by atoms with Crippen LogP contribution in [0.3, 0.4) is 0 Å². The lowest BCUT2D eigenvalue weighted by Gasteiger charge is -2.08. The summed E-state index contributed by atoms with van der Waals surface area (Å²) in [5, 5.41) is 0.203. The molecule has 1 rings (SSSR count). The summed E-state index contributed by atoms with van der Waals surface area (Å²) in [7, 11) is 6.24. The molecule has 7 heteroatoms. The van der Waals surface area contributed by atoms with E-state index in [1.807, 2.05) is 0 Å². The molecule has 16 heavy (non-hydrogen) atoms. The molecule has 0 radical (unpaired) electrons. The predicted molar refractivity (Wildman–Crippen MR) is 63.4 cm³/mol. The van der Waals surface area contributed by atoms with Crippen molar-refractivity contribution in [3.63, 3.8) is 0 Å². The monoisotopic (exact) mass is 245 g/mol. The Bertz CT molecular complexity index is 578. The van der Waals surface area contributed by atoms with Gasteiger partial charge in [-0.15, -0.1) is 0 Å². The fraction of sp³-hybridized carbons (Fsp3) is 0.444. The second kappa shape index (κ2) is 4.13. The average Bonchev–Trinajstić information content (AvgIpc) is 2.23. The SMILES string of the molecule is Cn1c(N)c(C(Cl)=[N+](C)C)c(=O)n(C)c1=O. The van der Waals surface area contributed by atoms with E-state index in [1.165, 1.54) is 18.7 Å². The second-order valence-corrected chi connectivity index (χ2v) is 4.01. The van der Waals surface area contributed by atoms with Crippen LogP contribution in [0.25, 0.3) is 0 Å². The molecule has 0 atom stereocenters. The van der Waals surface area contributed by atoms with Crippen molar-refractivity contribution in [1.82, 2.24) is 9.13 Å². The molecule has 0 saturated carbocycles. The van der Waals surface area contributed by atoms with Gasteiger partial charge in [0, 0.05) is 14.1 Å². The molecule has 0 aliphatic heterocycles. The van der Waals surface area contributed by atoms with E-state index in [2.05, 4.69) is 0 Å². The summed E-state index contributed by atoms with van der Waals surface area (Å²) >= 11 is 5.98. The van der Waals surface area contributed by atoms with Crippen LogP contribution in [0.1, 0.15) is 5.56 Å². The normalized spacial score (nSPS) is 10.3. The summed E-state index contributed by atoms with van der Waals surface area (Å²) in [5.41, 5.74) is 4.87. The summed E-state index contributed by atoms with van der Waals surface area (Å²) in [5.74, 6) is 0.0619. The van der Waals surface area contributed by atoms with E-state index in [0.29, 0.717) is 0 Å². The zero-order valence-corrected chi connectivity index (χ0v) is 10.4. The van der Waals surface area contributed by atoms with Gasteiger partial charge in [0.15, 0.2) is 5.56 Å². The van der Waals surface area contributed by atoms with Crippen molar-refractivity contribution in [2.75, 3.05) is 19.8 Å². The van der Waals surface area contributed by atoms with E-state index < -0.39 is 11.2 Å². The van der Waals surface area contributed by atoms with Gasteiger partial charge < -0.3 is 5.73 Å². The van der Waals surface area contributed by atoms with E-state index in [-0.39, 0.29) is 16.6 Å². The van der Waals surface area contributed by atoms with Crippen LogP contribution < -0.4 is 17.0 Å². The lowest BCUT2D eigenvalue weighted by atomic mass is 10.3. The Morgan fingerprint density at radius 3 is 2.19 bits per heavy atom. The smallest absolute Gasteiger partial charge is 0.332 e. The van der Waals surface area contributed by atoms with Gasteiger partial charge in [0.05, 0.1) is 0 Å². The molecule has 1 aromatic rings. The number of nitrogen functional groups attached to an aromatic ring is 1. The lowest BCUT2D eigenvalue weighted by Crippen LogP contribution is -2.41. The number of aromatic nitrogens is 2. The Morgan fingerprint density at radius 1 is 1.25 bits per heavy atom. The summed E-state index contributed by atoms with van der Waals surface area (Å²) in [6.45, 7) is 0. The molecule has 0 spiro atoms. The van der Waals surface area contributed by atoms with E-state index in [9.17, 15) is 9.59 Å². The van der Waals surface area contributed by atoms with Crippen molar-refractivity contribution < 1.29 is 4.58 Å². The highest BCUT2D eigenvalue weighted by Crippen LogP contribution is 2.06. The number of halogens is 1. The molecule has 2 N–H and O–H groups in total. The first-order valence-electron chi connectivity index (χ1n) is 4.54. The van der Waals surface area contributed by atoms with Crippen LogP contribution in [0.4, 0.5) is 5.82 Å². The minimum Gasteiger partial charge on any atom is -0.384 e. The minimum atomic E-state index is -0.501. The topological polar surface area (TPSA) is 73.0 Å². The second-order valence-electron chi connectivity index (χ2n) is 3.65. The molecule has 0 amide bonds. The predicted octanol–water partition coefficient (Wildman–Crippen LogP) is -1.08. The fourth-order valence-electron chi connectivity index (χ4n) is 1.28. The highest BCUT2D eigenvalue weighted by Gasteiger charge is 2.21. The Labute approximate surface area is 97.2 Å². The van der Waals surface area contributed by atoms with E-state index in [0.717, 1.165) is 4.57 Å². The van der Waals surface area contributed by atoms with Gasteiger partial charge in [0.2, 0.25) is 0 Å². The Morgan fingerprint density at radius 2 is 1.75 bits per heavy atom. The summed E-state index contributed by atoms with van der Waals surface area (Å²) in [6, 6.07) is 0. The number of hydrogen-bond donors (Lipinski definition) is 1. The van der Waals surface area contributed by atoms with Crippen molar-refractivity contribution in [3.05, 3.63) is 26.4 Å². The maximum Gasteiger partial charge on any atom is 0.332 e. The van der Waals surface area contributed by atoms with Crippen molar-refractivity contribution in [1.29, 1.82) is 0 Å². The maximum absolute atomic E-state index is 11.8. The summed E-state index contributed by atoms with van der Waals surface area (Å²) < 4.78 is 3.71. The Kier molecular flexibility index (Phi) is 3.23. The molecule has 0 aliphatic rings. The molecular formula is C9H14ClN4O2+. The van der Waals surface area contributed by atoms with Gasteiger partial charge in [0.25, 0.3) is 10.7 Å². The first-order valence-corrected chi connectivity index (χ1v) is 4.92. The first kappa shape index (κ1) is 12.5. The zero-order chi connectivity index (χ0) is 12.6. The van der Waals surface area contributed by atoms with Gasteiger partial charge in [-0.05, 0) is 11.6 Å². The molecule has 0 fully saturated rings. The van der Waals surface area contributed by atoms with Crippen molar-refractivity contribution in [2.45, 2.75) is 0 Å². The number of anilines is 1. The molecular weight excluding hydrogens is 232 g/mol. The highest BCUT2D eigenvalue weighted by atomic mass is 35.5. The maximum atomic E-state index is 11.8. The molecule has 0 saturated heterocycles. The van der Waals surface area contributed by atoms with Gasteiger partial charge >= 0.3 is 5.69 Å². The third-order valence-electron chi connectivity index (χ3n) is 2.31. The first-order chi connectivity index (χ1) is 7.29. The quantitative estimate of drug-likeness (QED) is 0.506. The minimum absolute atomic E-state index is 0.0619. The molecule has 0 bridgehead atoms. The van der Waals surface area contributed by atoms with Gasteiger partial charge in [0.1, 0.15) is 19.9 Å². The molecule has 6 nitrogen and oxygen atoms in total. The third-order valence-corrected chi connectivity index (χ3v) is 2.84. The van der Waals surface area contributed by atoms with Crippen LogP contribution in [0.5, 0.6) is 0 Å². The average molecular weight is 246 g/mol. The number of nitrogens with zero attached hydrogens (tertiary/aromatic N) is 3. The molecule has 1 heterocycles. The van der Waals surface area contributed by atoms with Crippen LogP contribution in [-0.2, 0) is 14.1 Å². The van der Waals surface area contributed by atoms with E-state index in [1.54, 1.807) is 18.7 Å². The van der Waals surface area contributed by atoms with E-state index >= 15 is 0 Å². The van der Waals surface area contributed by atoms with Crippen LogP contribution in [0.2, 0.25) is 0 Å². The van der Waals surface area contributed by atoms with Crippen LogP contribution in [0, 0.1) is 0 Å². The number of hydrogen-bond acceptors (Lipinski definition) is 3. The van der Waals surface area contributed by atoms with Gasteiger partial charge in [-0.2, -0.15) is 0 Å². The molecule has 1 aromatic heterocycles. The van der Waals surface area contributed by atoms with Crippen LogP contribution in [0.15, 0.2) is 9.59 Å². The fourth-order valence-corrected chi connectivity index (χ4v) is 1.46. The highest BCUT2D eigenvalue weighted by molar-refractivity contribution is 6.68. The van der Waals surface area contributed by atoms with Gasteiger partial charge in [-0.1, -0.05) is 0 Å². The summed E-state index contributed by atoms with van der Waals surface area (Å²) in [4.78, 5) is 23.4. The van der Waals surface area contributed by atoms with Crippen molar-refractivity contribution in [3.8, 4) is 0 Å². The molecule has 88 valence electrons.